The molecule has 2 atom stereocenters. The summed E-state index contributed by atoms with van der Waals surface area (Å²) in [6.07, 6.45) is 4.47. The van der Waals surface area contributed by atoms with Gasteiger partial charge in [0.15, 0.2) is 11.6 Å². The van der Waals surface area contributed by atoms with Crippen LogP contribution in [0.4, 0.5) is 0 Å². The van der Waals surface area contributed by atoms with Gasteiger partial charge in [-0.05, 0) is 69.0 Å². The van der Waals surface area contributed by atoms with Gasteiger partial charge in [0.25, 0.3) is 0 Å². The van der Waals surface area contributed by atoms with Crippen LogP contribution in [0.15, 0.2) is 36.4 Å². The Morgan fingerprint density at radius 3 is 2.26 bits per heavy atom. The van der Waals surface area contributed by atoms with E-state index in [-0.39, 0.29) is 42.4 Å². The number of ether oxygens (including phenoxy) is 2. The fraction of sp³-hybridized carbons (Fsp3) is 0.444. The third-order valence-electron chi connectivity index (χ3n) is 6.04. The quantitative estimate of drug-likeness (QED) is 0.427. The Kier molecular flexibility index (Phi) is 8.68. The van der Waals surface area contributed by atoms with E-state index in [4.69, 9.17) is 14.6 Å². The van der Waals surface area contributed by atoms with E-state index in [1.54, 1.807) is 36.4 Å². The number of carboxylic acids is 1. The first kappa shape index (κ1) is 25.3. The summed E-state index contributed by atoms with van der Waals surface area (Å²) in [6, 6.07) is 10.2. The zero-order valence-corrected chi connectivity index (χ0v) is 19.7. The predicted octanol–water partition coefficient (Wildman–Crippen LogP) is 5.36. The van der Waals surface area contributed by atoms with E-state index < -0.39 is 5.97 Å². The number of ketones is 2. The highest BCUT2D eigenvalue weighted by atomic mass is 16.5. The molecule has 1 aliphatic carbocycles. The minimum absolute atomic E-state index is 0.00783. The third kappa shape index (κ3) is 6.59. The SMILES string of the molecule is CCCc1c(O[C@@H]2CCC[C@@H](Oc3ccc(C(=O)CCC(=O)O)cc3)C2)ccc(C(C)=O)c1O. The maximum Gasteiger partial charge on any atom is 0.303 e. The van der Waals surface area contributed by atoms with E-state index in [0.29, 0.717) is 41.0 Å². The van der Waals surface area contributed by atoms with Gasteiger partial charge in [-0.1, -0.05) is 13.3 Å². The first-order valence-electron chi connectivity index (χ1n) is 11.8. The summed E-state index contributed by atoms with van der Waals surface area (Å²) in [5.74, 6) is -0.110. The van der Waals surface area contributed by atoms with E-state index in [2.05, 4.69) is 0 Å². The molecule has 2 N–H and O–H groups in total. The van der Waals surface area contributed by atoms with E-state index in [9.17, 15) is 19.5 Å². The molecule has 0 unspecified atom stereocenters. The molecule has 0 radical (unpaired) electrons. The first-order chi connectivity index (χ1) is 16.3. The van der Waals surface area contributed by atoms with Crippen LogP contribution < -0.4 is 9.47 Å². The second kappa shape index (κ2) is 11.7. The van der Waals surface area contributed by atoms with Crippen LogP contribution in [0.25, 0.3) is 0 Å². The van der Waals surface area contributed by atoms with Gasteiger partial charge in [0, 0.05) is 24.0 Å². The van der Waals surface area contributed by atoms with E-state index in [1.165, 1.54) is 6.92 Å². The van der Waals surface area contributed by atoms with E-state index in [0.717, 1.165) is 25.7 Å². The number of carbonyl (C=O) groups is 3. The summed E-state index contributed by atoms with van der Waals surface area (Å²) in [5, 5.41) is 19.3. The van der Waals surface area contributed by atoms with Gasteiger partial charge >= 0.3 is 5.97 Å². The lowest BCUT2D eigenvalue weighted by Gasteiger charge is -2.31. The average molecular weight is 469 g/mol. The van der Waals surface area contributed by atoms with Crippen LogP contribution in [0.2, 0.25) is 0 Å². The molecule has 0 heterocycles. The predicted molar refractivity (Wildman–Crippen MR) is 127 cm³/mol. The molecule has 3 rings (SSSR count). The van der Waals surface area contributed by atoms with Crippen LogP contribution in [-0.2, 0) is 11.2 Å². The number of aliphatic carboxylic acids is 1. The first-order valence-corrected chi connectivity index (χ1v) is 11.8. The number of phenols is 1. The number of aromatic hydroxyl groups is 1. The molecule has 0 aliphatic heterocycles. The van der Waals surface area contributed by atoms with Crippen LogP contribution >= 0.6 is 0 Å². The lowest BCUT2D eigenvalue weighted by molar-refractivity contribution is -0.136. The molecule has 1 saturated carbocycles. The van der Waals surface area contributed by atoms with Gasteiger partial charge in [-0.25, -0.2) is 0 Å². The van der Waals surface area contributed by atoms with Crippen molar-refractivity contribution < 1.29 is 34.1 Å². The number of hydrogen-bond donors (Lipinski definition) is 2. The zero-order valence-electron chi connectivity index (χ0n) is 19.7. The number of benzene rings is 2. The molecule has 2 aromatic carbocycles. The maximum atomic E-state index is 12.1. The molecule has 2 aromatic rings. The summed E-state index contributed by atoms with van der Waals surface area (Å²) < 4.78 is 12.4. The van der Waals surface area contributed by atoms with Crippen LogP contribution in [0.5, 0.6) is 17.2 Å². The van der Waals surface area contributed by atoms with Gasteiger partial charge in [-0.3, -0.25) is 14.4 Å². The Labute approximate surface area is 199 Å². The summed E-state index contributed by atoms with van der Waals surface area (Å²) in [6.45, 7) is 3.45. The van der Waals surface area contributed by atoms with Gasteiger partial charge in [-0.2, -0.15) is 0 Å². The van der Waals surface area contributed by atoms with Gasteiger partial charge in [-0.15, -0.1) is 0 Å². The molecule has 0 saturated heterocycles. The number of phenolic OH excluding ortho intramolecular Hbond substituents is 1. The fourth-order valence-corrected chi connectivity index (χ4v) is 4.28. The van der Waals surface area contributed by atoms with Crippen LogP contribution in [0.1, 0.15) is 85.1 Å². The molecule has 0 aromatic heterocycles. The van der Waals surface area contributed by atoms with E-state index >= 15 is 0 Å². The second-order valence-corrected chi connectivity index (χ2v) is 8.73. The van der Waals surface area contributed by atoms with Gasteiger partial charge in [0.05, 0.1) is 12.0 Å². The fourth-order valence-electron chi connectivity index (χ4n) is 4.28. The molecule has 34 heavy (non-hydrogen) atoms. The maximum absolute atomic E-state index is 12.1. The van der Waals surface area contributed by atoms with Crippen molar-refractivity contribution in [3.05, 3.63) is 53.1 Å². The van der Waals surface area contributed by atoms with Crippen LogP contribution in [0.3, 0.4) is 0 Å². The van der Waals surface area contributed by atoms with Crippen molar-refractivity contribution in [3.63, 3.8) is 0 Å². The average Bonchev–Trinajstić information content (AvgIpc) is 2.80. The van der Waals surface area contributed by atoms with Crippen molar-refractivity contribution >= 4 is 17.5 Å². The summed E-state index contributed by atoms with van der Waals surface area (Å²) in [7, 11) is 0. The number of hydrogen-bond acceptors (Lipinski definition) is 6. The molecule has 182 valence electrons. The van der Waals surface area contributed by atoms with Crippen molar-refractivity contribution in [2.45, 2.75) is 77.4 Å². The van der Waals surface area contributed by atoms with Crippen molar-refractivity contribution in [1.29, 1.82) is 0 Å². The van der Waals surface area contributed by atoms with Crippen molar-refractivity contribution in [3.8, 4) is 17.2 Å². The van der Waals surface area contributed by atoms with Crippen LogP contribution in [0, 0.1) is 0 Å². The van der Waals surface area contributed by atoms with Crippen molar-refractivity contribution in [2.75, 3.05) is 0 Å². The second-order valence-electron chi connectivity index (χ2n) is 8.73. The lowest BCUT2D eigenvalue weighted by Crippen LogP contribution is -2.32. The summed E-state index contributed by atoms with van der Waals surface area (Å²) in [4.78, 5) is 34.5. The number of Topliss-reactive ketones (excluding diaryl/α,β-unsaturated/α-hetero) is 2. The molecule has 1 fully saturated rings. The highest BCUT2D eigenvalue weighted by molar-refractivity contribution is 5.98. The highest BCUT2D eigenvalue weighted by Gasteiger charge is 2.26. The molecule has 0 amide bonds. The molecule has 0 bridgehead atoms. The molecule has 7 nitrogen and oxygen atoms in total. The normalized spacial score (nSPS) is 17.7. The van der Waals surface area contributed by atoms with Gasteiger partial charge in [0.2, 0.25) is 0 Å². The molecule has 0 spiro atoms. The van der Waals surface area contributed by atoms with Crippen LogP contribution in [-0.4, -0.2) is 40.0 Å². The third-order valence-corrected chi connectivity index (χ3v) is 6.04. The van der Waals surface area contributed by atoms with Gasteiger partial charge in [0.1, 0.15) is 29.5 Å². The summed E-state index contributed by atoms with van der Waals surface area (Å²) in [5.41, 5.74) is 1.45. The monoisotopic (exact) mass is 468 g/mol. The highest BCUT2D eigenvalue weighted by Crippen LogP contribution is 2.35. The van der Waals surface area contributed by atoms with E-state index in [1.807, 2.05) is 6.92 Å². The smallest absolute Gasteiger partial charge is 0.303 e. The Balaban J connectivity index is 1.63. The largest absolute Gasteiger partial charge is 0.507 e. The number of carboxylic acid groups (broad SMARTS) is 1. The zero-order chi connectivity index (χ0) is 24.7. The number of rotatable bonds is 11. The standard InChI is InChI=1S/C27H32O7/c1-3-5-23-25(14-12-22(17(2)28)27(23)32)34-21-7-4-6-20(16-21)33-19-10-8-18(9-11-19)24(29)13-15-26(30)31/h8-12,14,20-21,32H,3-7,13,15-16H2,1-2H3,(H,30,31)/t20-,21-/m1/s1. The van der Waals surface area contributed by atoms with Crippen molar-refractivity contribution in [2.24, 2.45) is 0 Å². The Hall–Kier alpha value is -3.35. The Morgan fingerprint density at radius 2 is 1.65 bits per heavy atom. The van der Waals surface area contributed by atoms with Crippen molar-refractivity contribution in [1.82, 2.24) is 0 Å². The molecule has 7 heteroatoms. The van der Waals surface area contributed by atoms with Gasteiger partial charge < -0.3 is 19.7 Å². The molecular weight excluding hydrogens is 436 g/mol. The lowest BCUT2D eigenvalue weighted by atomic mass is 9.94. The Bertz CT molecular complexity index is 1030. The summed E-state index contributed by atoms with van der Waals surface area (Å²) >= 11 is 0. The molecule has 1 aliphatic rings. The molecular formula is C27H32O7. The Morgan fingerprint density at radius 1 is 0.971 bits per heavy atom. The minimum atomic E-state index is -0.991. The number of carbonyl (C=O) groups excluding carboxylic acids is 2. The minimum Gasteiger partial charge on any atom is -0.507 e. The topological polar surface area (TPSA) is 110 Å².